The lowest BCUT2D eigenvalue weighted by molar-refractivity contribution is -0.132. The van der Waals surface area contributed by atoms with Crippen molar-refractivity contribution < 1.29 is 25.2 Å². The quantitative estimate of drug-likeness (QED) is 0.0308. The van der Waals surface area contributed by atoms with Gasteiger partial charge in [0, 0.05) is 0 Å². The van der Waals surface area contributed by atoms with Crippen molar-refractivity contribution in [3.8, 4) is 0 Å². The highest BCUT2D eigenvalue weighted by Gasteiger charge is 2.28. The van der Waals surface area contributed by atoms with Gasteiger partial charge in [-0.05, 0) is 64.2 Å². The fraction of sp³-hybridized carbons (Fsp3) is 0.923. The molecule has 0 aliphatic carbocycles. The normalized spacial score (nSPS) is 13.7. The van der Waals surface area contributed by atoms with Gasteiger partial charge in [0.1, 0.15) is 12.2 Å². The standard InChI is InChI=1S/C65H127NO5/c1-3-5-7-9-11-13-15-17-19-21-23-25-27-29-30-31-32-33-34-35-37-38-40-42-44-46-48-50-52-54-56-58-62(68)64(70)61(60-67)66-65(71)63(69)59-57-55-53-51-49-47-45-43-41-39-36-28-26-24-22-20-18-16-14-12-10-8-6-4-2/h36,39,50,52,61-64,67-70H,3-35,37-38,40-49,51,53-60H2,1-2H3,(H,66,71)/b39-36-,52-50+. The van der Waals surface area contributed by atoms with E-state index < -0.39 is 36.9 Å². The summed E-state index contributed by atoms with van der Waals surface area (Å²) in [5.41, 5.74) is 0. The fourth-order valence-electron chi connectivity index (χ4n) is 10.3. The maximum absolute atomic E-state index is 12.6. The molecule has 0 heterocycles. The van der Waals surface area contributed by atoms with Crippen LogP contribution >= 0.6 is 0 Å². The number of unbranched alkanes of at least 4 members (excludes halogenated alkanes) is 47. The number of nitrogens with one attached hydrogen (secondary N) is 1. The third-order valence-electron chi connectivity index (χ3n) is 15.4. The van der Waals surface area contributed by atoms with E-state index in [4.69, 9.17) is 0 Å². The average molecular weight is 1000 g/mol. The molecule has 71 heavy (non-hydrogen) atoms. The third kappa shape index (κ3) is 53.4. The Morgan fingerprint density at radius 2 is 0.577 bits per heavy atom. The molecule has 4 unspecified atom stereocenters. The molecule has 5 N–H and O–H groups in total. The van der Waals surface area contributed by atoms with Crippen LogP contribution in [0.3, 0.4) is 0 Å². The van der Waals surface area contributed by atoms with Crippen LogP contribution in [0.15, 0.2) is 24.3 Å². The summed E-state index contributed by atoms with van der Waals surface area (Å²) in [7, 11) is 0. The summed E-state index contributed by atoms with van der Waals surface area (Å²) in [6.45, 7) is 4.09. The first-order valence-corrected chi connectivity index (χ1v) is 32.2. The molecule has 0 aromatic rings. The molecule has 0 rings (SSSR count). The summed E-state index contributed by atoms with van der Waals surface area (Å²) in [6, 6.07) is -1.00. The number of rotatable bonds is 60. The highest BCUT2D eigenvalue weighted by Crippen LogP contribution is 2.19. The first-order chi connectivity index (χ1) is 35.0. The van der Waals surface area contributed by atoms with Crippen molar-refractivity contribution in [2.75, 3.05) is 6.61 Å². The van der Waals surface area contributed by atoms with Crippen LogP contribution in [0.1, 0.15) is 354 Å². The SMILES string of the molecule is CCCCCCCCCCCCCC/C=C\CCCCCCCCCCC(O)C(=O)NC(CO)C(O)C(O)CCC/C=C/CCCCCCCCCCCCCCCCCCCCCCCCCCCC. The monoisotopic (exact) mass is 1000 g/mol. The molecule has 4 atom stereocenters. The van der Waals surface area contributed by atoms with Gasteiger partial charge in [-0.1, -0.05) is 314 Å². The molecule has 0 bridgehead atoms. The summed E-state index contributed by atoms with van der Waals surface area (Å²) in [5, 5.41) is 44.1. The maximum Gasteiger partial charge on any atom is 0.249 e. The van der Waals surface area contributed by atoms with Crippen molar-refractivity contribution in [2.24, 2.45) is 0 Å². The molecule has 0 saturated heterocycles. The van der Waals surface area contributed by atoms with E-state index in [0.29, 0.717) is 12.8 Å². The molecule has 0 aromatic carbocycles. The Kier molecular flexibility index (Phi) is 58.6. The molecular weight excluding hydrogens is 875 g/mol. The number of hydrogen-bond acceptors (Lipinski definition) is 5. The second-order valence-corrected chi connectivity index (χ2v) is 22.5. The summed E-state index contributed by atoms with van der Waals surface area (Å²) in [4.78, 5) is 12.6. The first kappa shape index (κ1) is 69.8. The van der Waals surface area contributed by atoms with Gasteiger partial charge in [-0.2, -0.15) is 0 Å². The Bertz CT molecular complexity index is 1080. The third-order valence-corrected chi connectivity index (χ3v) is 15.4. The Labute approximate surface area is 444 Å². The van der Waals surface area contributed by atoms with E-state index in [1.807, 2.05) is 0 Å². The van der Waals surface area contributed by atoms with E-state index in [0.717, 1.165) is 38.5 Å². The van der Waals surface area contributed by atoms with Crippen LogP contribution in [-0.2, 0) is 4.79 Å². The van der Waals surface area contributed by atoms with Crippen molar-refractivity contribution in [3.63, 3.8) is 0 Å². The predicted octanol–water partition coefficient (Wildman–Crippen LogP) is 19.4. The van der Waals surface area contributed by atoms with E-state index in [2.05, 4.69) is 43.5 Å². The lowest BCUT2D eigenvalue weighted by Gasteiger charge is -2.27. The van der Waals surface area contributed by atoms with Crippen LogP contribution in [0.4, 0.5) is 0 Å². The molecule has 1 amide bonds. The molecule has 0 fully saturated rings. The van der Waals surface area contributed by atoms with Gasteiger partial charge < -0.3 is 25.7 Å². The largest absolute Gasteiger partial charge is 0.394 e. The van der Waals surface area contributed by atoms with E-state index in [1.54, 1.807) is 0 Å². The van der Waals surface area contributed by atoms with Crippen molar-refractivity contribution in [1.29, 1.82) is 0 Å². The zero-order chi connectivity index (χ0) is 51.6. The summed E-state index contributed by atoms with van der Waals surface area (Å²) in [5.74, 6) is -0.590. The molecule has 0 aliphatic heterocycles. The number of allylic oxidation sites excluding steroid dienone is 4. The number of amides is 1. The molecular formula is C65H127NO5. The topological polar surface area (TPSA) is 110 Å². The van der Waals surface area contributed by atoms with Gasteiger partial charge in [0.25, 0.3) is 0 Å². The molecule has 6 heteroatoms. The number of carbonyl (C=O) groups excluding carboxylic acids is 1. The van der Waals surface area contributed by atoms with Crippen LogP contribution < -0.4 is 5.32 Å². The van der Waals surface area contributed by atoms with Crippen LogP contribution in [-0.4, -0.2) is 57.3 Å². The van der Waals surface area contributed by atoms with Gasteiger partial charge in [0.2, 0.25) is 5.91 Å². The lowest BCUT2D eigenvalue weighted by atomic mass is 10.00. The maximum atomic E-state index is 12.6. The van der Waals surface area contributed by atoms with Gasteiger partial charge >= 0.3 is 0 Å². The zero-order valence-corrected chi connectivity index (χ0v) is 48.0. The highest BCUT2D eigenvalue weighted by molar-refractivity contribution is 5.80. The van der Waals surface area contributed by atoms with Crippen LogP contribution in [0, 0.1) is 0 Å². The van der Waals surface area contributed by atoms with Crippen molar-refractivity contribution in [3.05, 3.63) is 24.3 Å². The van der Waals surface area contributed by atoms with E-state index >= 15 is 0 Å². The smallest absolute Gasteiger partial charge is 0.249 e. The Hall–Kier alpha value is -1.21. The van der Waals surface area contributed by atoms with Crippen molar-refractivity contribution >= 4 is 5.91 Å². The predicted molar refractivity (Wildman–Crippen MR) is 311 cm³/mol. The van der Waals surface area contributed by atoms with Gasteiger partial charge in [0.05, 0.1) is 18.8 Å². The molecule has 0 radical (unpaired) electrons. The number of aliphatic hydroxyl groups excluding tert-OH is 4. The summed E-state index contributed by atoms with van der Waals surface area (Å²) < 4.78 is 0. The second kappa shape index (κ2) is 59.7. The lowest BCUT2D eigenvalue weighted by Crippen LogP contribution is -2.53. The van der Waals surface area contributed by atoms with Gasteiger partial charge in [-0.25, -0.2) is 0 Å². The fourth-order valence-corrected chi connectivity index (χ4v) is 10.3. The molecule has 0 spiro atoms. The second-order valence-electron chi connectivity index (χ2n) is 22.5. The minimum Gasteiger partial charge on any atom is -0.394 e. The van der Waals surface area contributed by atoms with Gasteiger partial charge in [-0.3, -0.25) is 4.79 Å². The molecule has 6 nitrogen and oxygen atoms in total. The van der Waals surface area contributed by atoms with Gasteiger partial charge in [0.15, 0.2) is 0 Å². The number of aliphatic hydroxyl groups is 4. The Balaban J connectivity index is 3.59. The molecule has 0 saturated carbocycles. The molecule has 0 aliphatic rings. The average Bonchev–Trinajstić information content (AvgIpc) is 3.38. The highest BCUT2D eigenvalue weighted by atomic mass is 16.3. The Morgan fingerprint density at radius 1 is 0.338 bits per heavy atom. The van der Waals surface area contributed by atoms with E-state index in [9.17, 15) is 25.2 Å². The van der Waals surface area contributed by atoms with Crippen LogP contribution in [0.2, 0.25) is 0 Å². The van der Waals surface area contributed by atoms with Gasteiger partial charge in [-0.15, -0.1) is 0 Å². The first-order valence-electron chi connectivity index (χ1n) is 32.2. The van der Waals surface area contributed by atoms with Crippen LogP contribution in [0.25, 0.3) is 0 Å². The number of hydrogen-bond donors (Lipinski definition) is 5. The van der Waals surface area contributed by atoms with Crippen molar-refractivity contribution in [2.45, 2.75) is 379 Å². The van der Waals surface area contributed by atoms with Crippen LogP contribution in [0.5, 0.6) is 0 Å². The molecule has 0 aromatic heterocycles. The zero-order valence-electron chi connectivity index (χ0n) is 48.0. The Morgan fingerprint density at radius 3 is 0.845 bits per heavy atom. The summed E-state index contributed by atoms with van der Waals surface area (Å²) in [6.07, 6.45) is 74.3. The van der Waals surface area contributed by atoms with Crippen molar-refractivity contribution in [1.82, 2.24) is 5.32 Å². The number of carbonyl (C=O) groups is 1. The van der Waals surface area contributed by atoms with E-state index in [1.165, 1.54) is 289 Å². The summed E-state index contributed by atoms with van der Waals surface area (Å²) >= 11 is 0. The molecule has 422 valence electrons. The minimum atomic E-state index is -1.28. The minimum absolute atomic E-state index is 0.361. The van der Waals surface area contributed by atoms with E-state index in [-0.39, 0.29) is 0 Å².